The maximum absolute atomic E-state index is 13.1. The number of hydrogen-bond donors (Lipinski definition) is 1. The highest BCUT2D eigenvalue weighted by Crippen LogP contribution is 2.59. The predicted octanol–water partition coefficient (Wildman–Crippen LogP) is 4.09. The summed E-state index contributed by atoms with van der Waals surface area (Å²) in [7, 11) is 0. The number of benzene rings is 2. The van der Waals surface area contributed by atoms with E-state index in [1.165, 1.54) is 0 Å². The number of carbonyl (C=O) groups excluding carboxylic acids is 2. The summed E-state index contributed by atoms with van der Waals surface area (Å²) in [5.41, 5.74) is 1.89. The van der Waals surface area contributed by atoms with Gasteiger partial charge in [-0.2, -0.15) is 0 Å². The van der Waals surface area contributed by atoms with Gasteiger partial charge in [-0.15, -0.1) is 0 Å². The summed E-state index contributed by atoms with van der Waals surface area (Å²) in [5, 5.41) is 3.19. The molecule has 1 amide bonds. The molecule has 1 aromatic heterocycles. The van der Waals surface area contributed by atoms with Gasteiger partial charge in [-0.05, 0) is 41.5 Å². The Morgan fingerprint density at radius 3 is 2.46 bits per heavy atom. The average molecular weight is 472 g/mol. The van der Waals surface area contributed by atoms with Crippen molar-refractivity contribution in [1.29, 1.82) is 0 Å². The fourth-order valence-electron chi connectivity index (χ4n) is 4.75. The van der Waals surface area contributed by atoms with E-state index in [2.05, 4.69) is 17.2 Å². The Kier molecular flexibility index (Phi) is 6.51. The van der Waals surface area contributed by atoms with Gasteiger partial charge in [0.15, 0.2) is 0 Å². The molecule has 3 atom stereocenters. The Hall–Kier alpha value is -3.71. The van der Waals surface area contributed by atoms with Gasteiger partial charge in [-0.25, -0.2) is 9.78 Å². The standard InChI is InChI=1S/C28H29N3O4/c1-28-14-23(27(33)34-19-20-8-4-2-5-9-20)31(24(28)15-28)26(32)18-29-16-21-12-13-25(30-17-21)35-22-10-6-3-7-11-22/h2-13,17,23-24,29H,14-16,18-19H2,1H3/t23-,24-,28+/m0/s1. The molecule has 2 heterocycles. The summed E-state index contributed by atoms with van der Waals surface area (Å²) >= 11 is 0. The first-order chi connectivity index (χ1) is 17.0. The van der Waals surface area contributed by atoms with E-state index in [1.54, 1.807) is 17.2 Å². The number of nitrogens with one attached hydrogen (secondary N) is 1. The molecule has 5 rings (SSSR count). The van der Waals surface area contributed by atoms with Crippen LogP contribution in [-0.2, 0) is 27.5 Å². The van der Waals surface area contributed by atoms with Crippen LogP contribution in [0.3, 0.4) is 0 Å². The van der Waals surface area contributed by atoms with E-state index in [1.807, 2.05) is 66.7 Å². The van der Waals surface area contributed by atoms with Crippen LogP contribution in [0.25, 0.3) is 0 Å². The average Bonchev–Trinajstić information content (AvgIpc) is 3.44. The first-order valence-corrected chi connectivity index (χ1v) is 11.9. The second-order valence-electron chi connectivity index (χ2n) is 9.51. The van der Waals surface area contributed by atoms with Crippen molar-refractivity contribution in [2.24, 2.45) is 5.41 Å². The van der Waals surface area contributed by atoms with Crippen LogP contribution < -0.4 is 10.1 Å². The number of esters is 1. The number of ether oxygens (including phenoxy) is 2. The van der Waals surface area contributed by atoms with E-state index in [0.717, 1.165) is 23.3 Å². The van der Waals surface area contributed by atoms with Gasteiger partial charge in [0, 0.05) is 24.8 Å². The van der Waals surface area contributed by atoms with Crippen LogP contribution in [0.5, 0.6) is 11.6 Å². The Balaban J connectivity index is 1.12. The van der Waals surface area contributed by atoms with Crippen LogP contribution in [0.2, 0.25) is 0 Å². The molecule has 0 radical (unpaired) electrons. The summed E-state index contributed by atoms with van der Waals surface area (Å²) in [5.74, 6) is 0.840. The quantitative estimate of drug-likeness (QED) is 0.474. The zero-order valence-corrected chi connectivity index (χ0v) is 19.7. The SMILES string of the molecule is C[C@@]12C[C@@H]1N(C(=O)CNCc1ccc(Oc3ccccc3)nc1)[C@H](C(=O)OCc1ccccc1)C2. The van der Waals surface area contributed by atoms with Crippen LogP contribution in [0.15, 0.2) is 79.0 Å². The molecule has 1 N–H and O–H groups in total. The van der Waals surface area contributed by atoms with Crippen molar-refractivity contribution in [3.8, 4) is 11.6 Å². The Morgan fingerprint density at radius 2 is 1.74 bits per heavy atom. The van der Waals surface area contributed by atoms with Gasteiger partial charge in [0.05, 0.1) is 6.54 Å². The molecule has 2 aliphatic rings. The molecule has 7 heteroatoms. The van der Waals surface area contributed by atoms with Crippen molar-refractivity contribution >= 4 is 11.9 Å². The maximum Gasteiger partial charge on any atom is 0.329 e. The fourth-order valence-corrected chi connectivity index (χ4v) is 4.75. The zero-order valence-electron chi connectivity index (χ0n) is 19.7. The third-order valence-electron chi connectivity index (χ3n) is 6.79. The number of carbonyl (C=O) groups is 2. The number of fused-ring (bicyclic) bond motifs is 1. The van der Waals surface area contributed by atoms with E-state index in [-0.39, 0.29) is 36.5 Å². The monoisotopic (exact) mass is 471 g/mol. The molecule has 0 spiro atoms. The van der Waals surface area contributed by atoms with Crippen molar-refractivity contribution in [2.45, 2.75) is 45.0 Å². The van der Waals surface area contributed by atoms with Gasteiger partial charge in [-0.1, -0.05) is 61.5 Å². The summed E-state index contributed by atoms with van der Waals surface area (Å²) < 4.78 is 11.3. The zero-order chi connectivity index (χ0) is 24.3. The minimum atomic E-state index is -0.521. The topological polar surface area (TPSA) is 80.8 Å². The summed E-state index contributed by atoms with van der Waals surface area (Å²) in [4.78, 5) is 32.0. The number of amides is 1. The molecule has 3 aromatic rings. The minimum absolute atomic E-state index is 0.0185. The van der Waals surface area contributed by atoms with Crippen LogP contribution in [0.4, 0.5) is 0 Å². The molecule has 1 aliphatic heterocycles. The lowest BCUT2D eigenvalue weighted by Crippen LogP contribution is -2.47. The molecule has 1 saturated heterocycles. The lowest BCUT2D eigenvalue weighted by atomic mass is 10.0. The predicted molar refractivity (Wildman–Crippen MR) is 130 cm³/mol. The van der Waals surface area contributed by atoms with Crippen molar-refractivity contribution in [3.63, 3.8) is 0 Å². The number of aromatic nitrogens is 1. The van der Waals surface area contributed by atoms with Crippen molar-refractivity contribution < 1.29 is 19.1 Å². The second-order valence-corrected chi connectivity index (χ2v) is 9.51. The molecule has 2 aromatic carbocycles. The van der Waals surface area contributed by atoms with Gasteiger partial charge in [-0.3, -0.25) is 4.79 Å². The van der Waals surface area contributed by atoms with E-state index in [4.69, 9.17) is 9.47 Å². The normalized spacial score (nSPS) is 22.4. The number of hydrogen-bond acceptors (Lipinski definition) is 6. The van der Waals surface area contributed by atoms with Crippen molar-refractivity contribution in [3.05, 3.63) is 90.1 Å². The summed E-state index contributed by atoms with van der Waals surface area (Å²) in [6.45, 7) is 3.00. The lowest BCUT2D eigenvalue weighted by Gasteiger charge is -2.26. The van der Waals surface area contributed by atoms with Crippen LogP contribution in [0, 0.1) is 5.41 Å². The van der Waals surface area contributed by atoms with Gasteiger partial charge in [0.1, 0.15) is 18.4 Å². The smallest absolute Gasteiger partial charge is 0.329 e. The van der Waals surface area contributed by atoms with Crippen LogP contribution in [-0.4, -0.2) is 40.4 Å². The summed E-state index contributed by atoms with van der Waals surface area (Å²) in [6.07, 6.45) is 3.32. The number of likely N-dealkylation sites (tertiary alicyclic amines) is 1. The number of nitrogens with zero attached hydrogens (tertiary/aromatic N) is 2. The third kappa shape index (κ3) is 5.35. The number of rotatable bonds is 9. The van der Waals surface area contributed by atoms with Crippen molar-refractivity contribution in [1.82, 2.24) is 15.2 Å². The van der Waals surface area contributed by atoms with Crippen LogP contribution >= 0.6 is 0 Å². The highest BCUT2D eigenvalue weighted by Gasteiger charge is 2.64. The molecule has 2 fully saturated rings. The molecule has 35 heavy (non-hydrogen) atoms. The van der Waals surface area contributed by atoms with Crippen LogP contribution in [0.1, 0.15) is 30.9 Å². The largest absolute Gasteiger partial charge is 0.459 e. The molecular formula is C28H29N3O4. The Bertz CT molecular complexity index is 1170. The molecule has 180 valence electrons. The molecule has 0 bridgehead atoms. The first kappa shape index (κ1) is 23.1. The van der Waals surface area contributed by atoms with Gasteiger partial charge in [0.25, 0.3) is 0 Å². The number of piperidine rings is 1. The first-order valence-electron chi connectivity index (χ1n) is 11.9. The van der Waals surface area contributed by atoms with E-state index < -0.39 is 6.04 Å². The lowest BCUT2D eigenvalue weighted by molar-refractivity contribution is -0.155. The molecule has 7 nitrogen and oxygen atoms in total. The molecule has 1 aliphatic carbocycles. The van der Waals surface area contributed by atoms with Crippen molar-refractivity contribution in [2.75, 3.05) is 6.54 Å². The second kappa shape index (κ2) is 9.88. The Labute approximate surface area is 205 Å². The van der Waals surface area contributed by atoms with E-state index >= 15 is 0 Å². The minimum Gasteiger partial charge on any atom is -0.459 e. The van der Waals surface area contributed by atoms with E-state index in [9.17, 15) is 9.59 Å². The third-order valence-corrected chi connectivity index (χ3v) is 6.79. The van der Waals surface area contributed by atoms with Gasteiger partial charge < -0.3 is 19.7 Å². The molecule has 0 unspecified atom stereocenters. The Morgan fingerprint density at radius 1 is 1.00 bits per heavy atom. The molecule has 1 saturated carbocycles. The fraction of sp³-hybridized carbons (Fsp3) is 0.321. The van der Waals surface area contributed by atoms with Gasteiger partial charge in [0.2, 0.25) is 11.8 Å². The maximum atomic E-state index is 13.1. The number of pyridine rings is 1. The van der Waals surface area contributed by atoms with E-state index in [0.29, 0.717) is 18.8 Å². The number of para-hydroxylation sites is 1. The summed E-state index contributed by atoms with van der Waals surface area (Å²) in [6, 6.07) is 22.4. The highest BCUT2D eigenvalue weighted by molar-refractivity contribution is 5.87. The highest BCUT2D eigenvalue weighted by atomic mass is 16.5. The molecular weight excluding hydrogens is 442 g/mol. The van der Waals surface area contributed by atoms with Gasteiger partial charge >= 0.3 is 5.97 Å².